The van der Waals surface area contributed by atoms with Gasteiger partial charge in [0.05, 0.1) is 24.8 Å². The molecule has 2 aliphatic heterocycles. The van der Waals surface area contributed by atoms with E-state index >= 15 is 0 Å². The molecule has 1 saturated heterocycles. The minimum Gasteiger partial charge on any atom is -0.503 e. The molecule has 0 unspecified atom stereocenters. The van der Waals surface area contributed by atoms with Gasteiger partial charge in [0.2, 0.25) is 0 Å². The SMILES string of the molecule is CC(=O)C1=C(O)C(=O)N(CCN2CCOCC2)[C@@H]1c1ccc(C)cc1. The number of carbonyl (C=O) groups is 2. The van der Waals surface area contributed by atoms with Gasteiger partial charge in [-0.05, 0) is 19.4 Å². The van der Waals surface area contributed by atoms with Gasteiger partial charge in [-0.2, -0.15) is 0 Å². The molecule has 1 aromatic carbocycles. The lowest BCUT2D eigenvalue weighted by atomic mass is 9.96. The van der Waals surface area contributed by atoms with Crippen LogP contribution in [0.25, 0.3) is 0 Å². The van der Waals surface area contributed by atoms with Crippen LogP contribution in [0.5, 0.6) is 0 Å². The number of aliphatic hydroxyl groups excluding tert-OH is 1. The molecule has 6 heteroatoms. The van der Waals surface area contributed by atoms with E-state index in [9.17, 15) is 14.7 Å². The lowest BCUT2D eigenvalue weighted by Crippen LogP contribution is -2.43. The summed E-state index contributed by atoms with van der Waals surface area (Å²) in [4.78, 5) is 28.5. The average Bonchev–Trinajstić information content (AvgIpc) is 2.86. The zero-order valence-corrected chi connectivity index (χ0v) is 14.7. The van der Waals surface area contributed by atoms with Crippen molar-refractivity contribution in [2.24, 2.45) is 0 Å². The molecule has 0 aromatic heterocycles. The van der Waals surface area contributed by atoms with Gasteiger partial charge < -0.3 is 14.7 Å². The highest BCUT2D eigenvalue weighted by Crippen LogP contribution is 2.37. The molecule has 1 N–H and O–H groups in total. The number of hydrogen-bond acceptors (Lipinski definition) is 5. The maximum Gasteiger partial charge on any atom is 0.290 e. The van der Waals surface area contributed by atoms with E-state index < -0.39 is 17.7 Å². The molecule has 2 heterocycles. The highest BCUT2D eigenvalue weighted by atomic mass is 16.5. The van der Waals surface area contributed by atoms with Crippen molar-refractivity contribution in [2.45, 2.75) is 19.9 Å². The van der Waals surface area contributed by atoms with Gasteiger partial charge in [-0.25, -0.2) is 0 Å². The third kappa shape index (κ3) is 3.60. The number of morpholine rings is 1. The molecule has 1 amide bonds. The molecule has 134 valence electrons. The van der Waals surface area contributed by atoms with E-state index in [-0.39, 0.29) is 11.4 Å². The fourth-order valence-corrected chi connectivity index (χ4v) is 3.41. The van der Waals surface area contributed by atoms with Gasteiger partial charge in [0, 0.05) is 26.2 Å². The number of ketones is 1. The first kappa shape index (κ1) is 17.6. The number of hydrogen-bond donors (Lipinski definition) is 1. The van der Waals surface area contributed by atoms with E-state index in [4.69, 9.17) is 4.74 Å². The molecule has 2 aliphatic rings. The zero-order valence-electron chi connectivity index (χ0n) is 14.7. The predicted octanol–water partition coefficient (Wildman–Crippen LogP) is 1.61. The van der Waals surface area contributed by atoms with Gasteiger partial charge in [0.1, 0.15) is 0 Å². The largest absolute Gasteiger partial charge is 0.503 e. The molecule has 6 nitrogen and oxygen atoms in total. The van der Waals surface area contributed by atoms with Crippen LogP contribution >= 0.6 is 0 Å². The smallest absolute Gasteiger partial charge is 0.290 e. The molecule has 0 aliphatic carbocycles. The van der Waals surface area contributed by atoms with Crippen molar-refractivity contribution in [3.8, 4) is 0 Å². The van der Waals surface area contributed by atoms with Gasteiger partial charge in [-0.15, -0.1) is 0 Å². The summed E-state index contributed by atoms with van der Waals surface area (Å²) in [5.41, 5.74) is 2.14. The standard InChI is InChI=1S/C19H24N2O4/c1-13-3-5-15(6-4-13)17-16(14(2)22)18(23)19(24)21(17)8-7-20-9-11-25-12-10-20/h3-6,17,23H,7-12H2,1-2H3/t17-/m1/s1. The Morgan fingerprint density at radius 3 is 2.44 bits per heavy atom. The topological polar surface area (TPSA) is 70.1 Å². The normalized spacial score (nSPS) is 21.9. The van der Waals surface area contributed by atoms with Crippen LogP contribution in [0.1, 0.15) is 24.1 Å². The number of carbonyl (C=O) groups excluding carboxylic acids is 2. The molecule has 1 atom stereocenters. The third-order valence-corrected chi connectivity index (χ3v) is 4.84. The van der Waals surface area contributed by atoms with Crippen LogP contribution in [-0.4, -0.2) is 66.0 Å². The Morgan fingerprint density at radius 2 is 1.84 bits per heavy atom. The van der Waals surface area contributed by atoms with Gasteiger partial charge in [-0.1, -0.05) is 29.8 Å². The average molecular weight is 344 g/mol. The molecular formula is C19H24N2O4. The highest BCUT2D eigenvalue weighted by molar-refractivity contribution is 6.08. The Labute approximate surface area is 147 Å². The van der Waals surface area contributed by atoms with Crippen LogP contribution < -0.4 is 0 Å². The van der Waals surface area contributed by atoms with E-state index in [1.54, 1.807) is 4.90 Å². The number of aliphatic hydroxyl groups is 1. The molecule has 25 heavy (non-hydrogen) atoms. The highest BCUT2D eigenvalue weighted by Gasteiger charge is 2.42. The molecular weight excluding hydrogens is 320 g/mol. The number of aryl methyl sites for hydroxylation is 1. The summed E-state index contributed by atoms with van der Waals surface area (Å²) >= 11 is 0. The number of benzene rings is 1. The molecule has 0 bridgehead atoms. The predicted molar refractivity (Wildman–Crippen MR) is 93.2 cm³/mol. The Hall–Kier alpha value is -2.18. The molecule has 1 aromatic rings. The summed E-state index contributed by atoms with van der Waals surface area (Å²) in [6, 6.07) is 7.21. The molecule has 1 fully saturated rings. The Kier molecular flexibility index (Phi) is 5.20. The van der Waals surface area contributed by atoms with Crippen molar-refractivity contribution >= 4 is 11.7 Å². The Balaban J connectivity index is 1.85. The van der Waals surface area contributed by atoms with E-state index in [2.05, 4.69) is 4.90 Å². The Bertz CT molecular complexity index is 690. The monoisotopic (exact) mass is 344 g/mol. The summed E-state index contributed by atoms with van der Waals surface area (Å²) in [5, 5.41) is 10.3. The first-order valence-corrected chi connectivity index (χ1v) is 8.60. The van der Waals surface area contributed by atoms with Crippen LogP contribution in [0.3, 0.4) is 0 Å². The van der Waals surface area contributed by atoms with Crippen LogP contribution in [-0.2, 0) is 14.3 Å². The van der Waals surface area contributed by atoms with Crippen molar-refractivity contribution in [3.63, 3.8) is 0 Å². The number of ether oxygens (including phenoxy) is 1. The second-order valence-electron chi connectivity index (χ2n) is 6.58. The van der Waals surface area contributed by atoms with E-state index in [1.807, 2.05) is 31.2 Å². The summed E-state index contributed by atoms with van der Waals surface area (Å²) in [5.74, 6) is -1.16. The fraction of sp³-hybridized carbons (Fsp3) is 0.474. The lowest BCUT2D eigenvalue weighted by Gasteiger charge is -2.31. The number of rotatable bonds is 5. The van der Waals surface area contributed by atoms with Crippen molar-refractivity contribution in [1.29, 1.82) is 0 Å². The van der Waals surface area contributed by atoms with Crippen molar-refractivity contribution in [2.75, 3.05) is 39.4 Å². The van der Waals surface area contributed by atoms with Gasteiger partial charge in [0.25, 0.3) is 5.91 Å². The minimum atomic E-state index is -0.522. The summed E-state index contributed by atoms with van der Waals surface area (Å²) in [7, 11) is 0. The zero-order chi connectivity index (χ0) is 18.0. The first-order valence-electron chi connectivity index (χ1n) is 8.60. The fourth-order valence-electron chi connectivity index (χ4n) is 3.41. The van der Waals surface area contributed by atoms with Gasteiger partial charge in [0.15, 0.2) is 11.5 Å². The van der Waals surface area contributed by atoms with Crippen LogP contribution in [0, 0.1) is 6.92 Å². The van der Waals surface area contributed by atoms with Gasteiger partial charge >= 0.3 is 0 Å². The maximum absolute atomic E-state index is 12.6. The molecule has 0 saturated carbocycles. The van der Waals surface area contributed by atoms with E-state index in [0.29, 0.717) is 26.3 Å². The number of Topliss-reactive ketones (excluding diaryl/α,β-unsaturated/α-hetero) is 1. The minimum absolute atomic E-state index is 0.191. The number of amides is 1. The second-order valence-corrected chi connectivity index (χ2v) is 6.58. The van der Waals surface area contributed by atoms with Crippen LogP contribution in [0.4, 0.5) is 0 Å². The van der Waals surface area contributed by atoms with Gasteiger partial charge in [-0.3, -0.25) is 14.5 Å². The molecule has 3 rings (SSSR count). The quantitative estimate of drug-likeness (QED) is 0.879. The van der Waals surface area contributed by atoms with Crippen molar-refractivity contribution in [3.05, 3.63) is 46.7 Å². The summed E-state index contributed by atoms with van der Waals surface area (Å²) in [6.07, 6.45) is 0. The van der Waals surface area contributed by atoms with Crippen molar-refractivity contribution in [1.82, 2.24) is 9.80 Å². The van der Waals surface area contributed by atoms with Crippen LogP contribution in [0.2, 0.25) is 0 Å². The van der Waals surface area contributed by atoms with Crippen molar-refractivity contribution < 1.29 is 19.4 Å². The number of nitrogens with zero attached hydrogens (tertiary/aromatic N) is 2. The molecule has 0 spiro atoms. The van der Waals surface area contributed by atoms with Crippen LogP contribution in [0.15, 0.2) is 35.6 Å². The van der Waals surface area contributed by atoms with E-state index in [0.717, 1.165) is 24.2 Å². The summed E-state index contributed by atoms with van der Waals surface area (Å²) in [6.45, 7) is 7.57. The third-order valence-electron chi connectivity index (χ3n) is 4.84. The maximum atomic E-state index is 12.6. The second kappa shape index (κ2) is 7.37. The molecule has 0 radical (unpaired) electrons. The first-order chi connectivity index (χ1) is 12.0. The van der Waals surface area contributed by atoms with E-state index in [1.165, 1.54) is 6.92 Å². The lowest BCUT2D eigenvalue weighted by molar-refractivity contribution is -0.129. The Morgan fingerprint density at radius 1 is 1.20 bits per heavy atom. The summed E-state index contributed by atoms with van der Waals surface area (Å²) < 4.78 is 5.34.